The predicted octanol–water partition coefficient (Wildman–Crippen LogP) is 6.90. The lowest BCUT2D eigenvalue weighted by Gasteiger charge is -2.19. The molecule has 2 amide bonds. The van der Waals surface area contributed by atoms with Crippen molar-refractivity contribution in [1.29, 1.82) is 0 Å². The number of halogens is 4. The molecule has 0 fully saturated rings. The van der Waals surface area contributed by atoms with E-state index in [1.54, 1.807) is 29.2 Å². The van der Waals surface area contributed by atoms with Gasteiger partial charge in [-0.15, -0.1) is 0 Å². The van der Waals surface area contributed by atoms with Gasteiger partial charge in [-0.1, -0.05) is 30.3 Å². The second kappa shape index (κ2) is 15.5. The molecule has 0 atom stereocenters. The zero-order valence-electron chi connectivity index (χ0n) is 23.6. The lowest BCUT2D eigenvalue weighted by Crippen LogP contribution is -2.26. The summed E-state index contributed by atoms with van der Waals surface area (Å²) in [5, 5.41) is 13.7. The van der Waals surface area contributed by atoms with Gasteiger partial charge >= 0.3 is 12.1 Å². The Bertz CT molecular complexity index is 1420. The first-order valence-corrected chi connectivity index (χ1v) is 13.7. The highest BCUT2D eigenvalue weighted by atomic mass is 19.4. The van der Waals surface area contributed by atoms with Gasteiger partial charge in [0.1, 0.15) is 5.82 Å². The number of hydrogen-bond donors (Lipinski definition) is 3. The summed E-state index contributed by atoms with van der Waals surface area (Å²) < 4.78 is 48.9. The molecule has 3 N–H and O–H groups in total. The molecule has 0 aliphatic heterocycles. The SMILES string of the molecule is CNc1ccc(F)c(C(F)(F)F)c1.O=CN(Cc1ccc(C(=O)NCCC(=O)O)cc1)c1ccc(C2=CCCCC2)cc1. The maximum Gasteiger partial charge on any atom is 0.419 e. The van der Waals surface area contributed by atoms with Gasteiger partial charge in [0.05, 0.1) is 18.5 Å². The van der Waals surface area contributed by atoms with E-state index in [-0.39, 0.29) is 24.6 Å². The molecular formula is C32H33F4N3O4. The van der Waals surface area contributed by atoms with Gasteiger partial charge in [-0.3, -0.25) is 14.4 Å². The Balaban J connectivity index is 0.000000326. The van der Waals surface area contributed by atoms with Crippen LogP contribution in [-0.4, -0.2) is 37.0 Å². The number of carbonyl (C=O) groups is 3. The zero-order valence-corrected chi connectivity index (χ0v) is 23.6. The molecule has 0 radical (unpaired) electrons. The normalized spacial score (nSPS) is 12.7. The number of allylic oxidation sites excluding steroid dienone is 2. The molecule has 1 aliphatic carbocycles. The number of aliphatic carboxylic acids is 1. The summed E-state index contributed by atoms with van der Waals surface area (Å²) >= 11 is 0. The van der Waals surface area contributed by atoms with Crippen molar-refractivity contribution in [2.24, 2.45) is 0 Å². The van der Waals surface area contributed by atoms with Crippen molar-refractivity contribution < 1.29 is 37.1 Å². The third-order valence-corrected chi connectivity index (χ3v) is 6.74. The Kier molecular flexibility index (Phi) is 11.9. The van der Waals surface area contributed by atoms with Gasteiger partial charge in [-0.05, 0) is 84.8 Å². The summed E-state index contributed by atoms with van der Waals surface area (Å²) in [4.78, 5) is 35.8. The number of benzene rings is 3. The van der Waals surface area contributed by atoms with E-state index in [1.807, 2.05) is 12.1 Å². The molecule has 0 saturated carbocycles. The van der Waals surface area contributed by atoms with Crippen LogP contribution in [-0.2, 0) is 22.3 Å². The standard InChI is InChI=1S/C24H26N2O4.C8H7F4N/c27-17-26(22-12-10-20(11-13-22)19-4-2-1-3-5-19)16-18-6-8-21(9-7-18)24(30)25-15-14-23(28)29;1-13-5-2-3-7(9)6(4-5)8(10,11)12/h4,6-13,17H,1-3,5,14-16H2,(H,25,30)(H,28,29);2-4,13H,1H3. The van der Waals surface area contributed by atoms with E-state index < -0.39 is 23.5 Å². The van der Waals surface area contributed by atoms with Crippen LogP contribution in [0, 0.1) is 5.82 Å². The summed E-state index contributed by atoms with van der Waals surface area (Å²) in [5.41, 5.74) is 3.73. The number of nitrogens with one attached hydrogen (secondary N) is 2. The van der Waals surface area contributed by atoms with E-state index in [2.05, 4.69) is 28.8 Å². The van der Waals surface area contributed by atoms with Crippen molar-refractivity contribution >= 4 is 35.2 Å². The molecule has 228 valence electrons. The van der Waals surface area contributed by atoms with Gasteiger partial charge in [-0.25, -0.2) is 4.39 Å². The van der Waals surface area contributed by atoms with Crippen LogP contribution < -0.4 is 15.5 Å². The van der Waals surface area contributed by atoms with E-state index in [0.29, 0.717) is 12.1 Å². The first-order chi connectivity index (χ1) is 20.5. The minimum absolute atomic E-state index is 0.0851. The molecule has 0 bridgehead atoms. The average molecular weight is 600 g/mol. The highest BCUT2D eigenvalue weighted by molar-refractivity contribution is 5.94. The van der Waals surface area contributed by atoms with E-state index in [4.69, 9.17) is 5.11 Å². The monoisotopic (exact) mass is 599 g/mol. The highest BCUT2D eigenvalue weighted by Gasteiger charge is 2.34. The fourth-order valence-corrected chi connectivity index (χ4v) is 4.40. The molecule has 0 aromatic heterocycles. The molecule has 3 aromatic carbocycles. The fraction of sp³-hybridized carbons (Fsp3) is 0.281. The first-order valence-electron chi connectivity index (χ1n) is 13.7. The summed E-state index contributed by atoms with van der Waals surface area (Å²) in [7, 11) is 1.47. The molecular weight excluding hydrogens is 566 g/mol. The lowest BCUT2D eigenvalue weighted by molar-refractivity contribution is -0.140. The van der Waals surface area contributed by atoms with E-state index in [9.17, 15) is 31.9 Å². The van der Waals surface area contributed by atoms with Gasteiger partial charge in [0.15, 0.2) is 0 Å². The van der Waals surface area contributed by atoms with Gasteiger partial charge in [-0.2, -0.15) is 13.2 Å². The molecule has 0 unspecified atom stereocenters. The van der Waals surface area contributed by atoms with Crippen LogP contribution in [0.1, 0.15) is 59.2 Å². The van der Waals surface area contributed by atoms with E-state index in [0.717, 1.165) is 42.6 Å². The van der Waals surface area contributed by atoms with Gasteiger partial charge in [0.25, 0.3) is 5.91 Å². The van der Waals surface area contributed by atoms with Crippen LogP contribution >= 0.6 is 0 Å². The zero-order chi connectivity index (χ0) is 31.4. The van der Waals surface area contributed by atoms with Crippen molar-refractivity contribution in [2.75, 3.05) is 23.8 Å². The van der Waals surface area contributed by atoms with Gasteiger partial charge in [0.2, 0.25) is 6.41 Å². The number of carbonyl (C=O) groups excluding carboxylic acids is 2. The maximum absolute atomic E-state index is 12.7. The molecule has 0 saturated heterocycles. The molecule has 3 aromatic rings. The number of nitrogens with zero attached hydrogens (tertiary/aromatic N) is 1. The minimum atomic E-state index is -4.64. The molecule has 43 heavy (non-hydrogen) atoms. The second-order valence-electron chi connectivity index (χ2n) is 9.79. The van der Waals surface area contributed by atoms with Crippen LogP contribution in [0.25, 0.3) is 5.57 Å². The summed E-state index contributed by atoms with van der Waals surface area (Å²) in [6, 6.07) is 17.7. The predicted molar refractivity (Wildman–Crippen MR) is 157 cm³/mol. The quantitative estimate of drug-likeness (QED) is 0.174. The van der Waals surface area contributed by atoms with E-state index in [1.165, 1.54) is 37.1 Å². The number of carboxylic acid groups (broad SMARTS) is 1. The van der Waals surface area contributed by atoms with Gasteiger partial charge < -0.3 is 20.6 Å². The van der Waals surface area contributed by atoms with Crippen LogP contribution in [0.2, 0.25) is 0 Å². The van der Waals surface area contributed by atoms with Crippen molar-refractivity contribution in [1.82, 2.24) is 5.32 Å². The molecule has 0 spiro atoms. The number of rotatable bonds is 10. The van der Waals surface area contributed by atoms with Crippen molar-refractivity contribution in [3.63, 3.8) is 0 Å². The smallest absolute Gasteiger partial charge is 0.419 e. The molecule has 11 heteroatoms. The Labute approximate surface area is 247 Å². The maximum atomic E-state index is 12.7. The van der Waals surface area contributed by atoms with Crippen LogP contribution in [0.15, 0.2) is 72.8 Å². The highest BCUT2D eigenvalue weighted by Crippen LogP contribution is 2.33. The third-order valence-electron chi connectivity index (χ3n) is 6.74. The number of hydrogen-bond acceptors (Lipinski definition) is 4. The summed E-state index contributed by atoms with van der Waals surface area (Å²) in [6.07, 6.45) is 3.06. The Morgan fingerprint density at radius 3 is 2.26 bits per heavy atom. The Morgan fingerprint density at radius 1 is 1.00 bits per heavy atom. The summed E-state index contributed by atoms with van der Waals surface area (Å²) in [5.74, 6) is -2.53. The Morgan fingerprint density at radius 2 is 1.70 bits per heavy atom. The molecule has 0 heterocycles. The van der Waals surface area contributed by atoms with Crippen molar-refractivity contribution in [3.8, 4) is 0 Å². The lowest BCUT2D eigenvalue weighted by atomic mass is 9.93. The van der Waals surface area contributed by atoms with E-state index >= 15 is 0 Å². The number of carboxylic acids is 1. The summed E-state index contributed by atoms with van der Waals surface area (Å²) in [6.45, 7) is 0.480. The van der Waals surface area contributed by atoms with Crippen LogP contribution in [0.4, 0.5) is 28.9 Å². The largest absolute Gasteiger partial charge is 0.481 e. The van der Waals surface area contributed by atoms with Crippen molar-refractivity contribution in [2.45, 2.75) is 44.8 Å². The van der Waals surface area contributed by atoms with Crippen LogP contribution in [0.3, 0.4) is 0 Å². The number of anilines is 2. The first kappa shape index (κ1) is 32.8. The molecule has 1 aliphatic rings. The number of alkyl halides is 3. The van der Waals surface area contributed by atoms with Crippen LogP contribution in [0.5, 0.6) is 0 Å². The molecule has 7 nitrogen and oxygen atoms in total. The minimum Gasteiger partial charge on any atom is -0.481 e. The average Bonchev–Trinajstić information content (AvgIpc) is 3.00. The molecule has 4 rings (SSSR count). The van der Waals surface area contributed by atoms with Crippen molar-refractivity contribution in [3.05, 3.63) is 101 Å². The van der Waals surface area contributed by atoms with Gasteiger partial charge in [0, 0.05) is 30.5 Å². The third kappa shape index (κ3) is 9.98. The second-order valence-corrected chi connectivity index (χ2v) is 9.79. The Hall–Kier alpha value is -4.67. The number of amides is 2. The fourth-order valence-electron chi connectivity index (χ4n) is 4.40. The topological polar surface area (TPSA) is 98.7 Å².